The molecule has 0 spiro atoms. The average Bonchev–Trinajstić information content (AvgIpc) is 3.35. The molecule has 7 nitrogen and oxygen atoms in total. The molecule has 0 unspecified atom stereocenters. The highest BCUT2D eigenvalue weighted by Crippen LogP contribution is 2.21. The highest BCUT2D eigenvalue weighted by Gasteiger charge is 2.21. The molecule has 0 fully saturated rings. The van der Waals surface area contributed by atoms with Gasteiger partial charge in [0.2, 0.25) is 0 Å². The van der Waals surface area contributed by atoms with Crippen LogP contribution in [0.4, 0.5) is 10.2 Å². The van der Waals surface area contributed by atoms with E-state index in [0.29, 0.717) is 23.7 Å². The molecule has 0 saturated heterocycles. The lowest BCUT2D eigenvalue weighted by Gasteiger charge is -2.07. The molecule has 2 heterocycles. The Kier molecular flexibility index (Phi) is 5.79. The van der Waals surface area contributed by atoms with Crippen LogP contribution >= 0.6 is 0 Å². The van der Waals surface area contributed by atoms with Crippen molar-refractivity contribution in [1.82, 2.24) is 14.9 Å². The molecule has 158 valence electrons. The molecule has 1 amide bonds. The first kappa shape index (κ1) is 20.3. The molecule has 1 N–H and O–H groups in total. The third-order valence-corrected chi connectivity index (χ3v) is 4.88. The van der Waals surface area contributed by atoms with Crippen LogP contribution in [0.2, 0.25) is 0 Å². The van der Waals surface area contributed by atoms with Crippen LogP contribution in [-0.2, 0) is 13.2 Å². The van der Waals surface area contributed by atoms with Gasteiger partial charge < -0.3 is 14.6 Å². The number of rotatable bonds is 7. The SMILES string of the molecule is Cc1ccccc1Cn1ccc(NC(=O)c2noc(C)c2COc2ccccc2F)n1. The number of hydrogen-bond donors (Lipinski definition) is 1. The number of aromatic nitrogens is 3. The molecule has 2 aromatic carbocycles. The normalized spacial score (nSPS) is 10.8. The Balaban J connectivity index is 1.44. The van der Waals surface area contributed by atoms with Crippen molar-refractivity contribution in [2.24, 2.45) is 0 Å². The fraction of sp³-hybridized carbons (Fsp3) is 0.174. The summed E-state index contributed by atoms with van der Waals surface area (Å²) < 4.78 is 26.2. The first-order valence-corrected chi connectivity index (χ1v) is 9.73. The van der Waals surface area contributed by atoms with Crippen molar-refractivity contribution in [3.8, 4) is 5.75 Å². The van der Waals surface area contributed by atoms with E-state index in [0.717, 1.165) is 5.56 Å². The van der Waals surface area contributed by atoms with E-state index in [-0.39, 0.29) is 18.1 Å². The molecule has 0 radical (unpaired) electrons. The zero-order chi connectivity index (χ0) is 21.8. The van der Waals surface area contributed by atoms with Gasteiger partial charge in [0, 0.05) is 12.3 Å². The van der Waals surface area contributed by atoms with Gasteiger partial charge in [0.05, 0.1) is 12.1 Å². The van der Waals surface area contributed by atoms with Gasteiger partial charge in [0.1, 0.15) is 12.4 Å². The van der Waals surface area contributed by atoms with Crippen LogP contribution in [0.5, 0.6) is 5.75 Å². The Bertz CT molecular complexity index is 1220. The number of amides is 1. The monoisotopic (exact) mass is 420 g/mol. The number of anilines is 1. The highest BCUT2D eigenvalue weighted by atomic mass is 19.1. The van der Waals surface area contributed by atoms with Crippen LogP contribution in [0.1, 0.15) is 32.9 Å². The van der Waals surface area contributed by atoms with Gasteiger partial charge in [0.15, 0.2) is 23.1 Å². The number of para-hydroxylation sites is 1. The van der Waals surface area contributed by atoms with Crippen molar-refractivity contribution < 1.29 is 18.4 Å². The van der Waals surface area contributed by atoms with Gasteiger partial charge in [-0.15, -0.1) is 0 Å². The Morgan fingerprint density at radius 1 is 1.13 bits per heavy atom. The molecule has 0 aliphatic heterocycles. The van der Waals surface area contributed by atoms with Gasteiger partial charge in [-0.2, -0.15) is 5.10 Å². The van der Waals surface area contributed by atoms with Gasteiger partial charge in [0.25, 0.3) is 5.91 Å². The average molecular weight is 420 g/mol. The van der Waals surface area contributed by atoms with E-state index in [1.807, 2.05) is 31.2 Å². The molecule has 2 aromatic heterocycles. The maximum Gasteiger partial charge on any atom is 0.279 e. The molecule has 0 atom stereocenters. The van der Waals surface area contributed by atoms with Crippen molar-refractivity contribution in [2.45, 2.75) is 27.0 Å². The summed E-state index contributed by atoms with van der Waals surface area (Å²) in [5.41, 5.74) is 2.83. The zero-order valence-corrected chi connectivity index (χ0v) is 17.1. The molecule has 4 aromatic rings. The molecule has 31 heavy (non-hydrogen) atoms. The lowest BCUT2D eigenvalue weighted by molar-refractivity contribution is 0.101. The van der Waals surface area contributed by atoms with Crippen molar-refractivity contribution in [1.29, 1.82) is 0 Å². The molecule has 0 aliphatic rings. The van der Waals surface area contributed by atoms with Crippen LogP contribution in [-0.4, -0.2) is 20.8 Å². The van der Waals surface area contributed by atoms with Gasteiger partial charge >= 0.3 is 0 Å². The number of benzene rings is 2. The van der Waals surface area contributed by atoms with E-state index in [4.69, 9.17) is 9.26 Å². The number of nitrogens with one attached hydrogen (secondary N) is 1. The van der Waals surface area contributed by atoms with E-state index >= 15 is 0 Å². The molecular weight excluding hydrogens is 399 g/mol. The van der Waals surface area contributed by atoms with Crippen molar-refractivity contribution in [3.63, 3.8) is 0 Å². The predicted octanol–water partition coefficient (Wildman–Crippen LogP) is 4.51. The summed E-state index contributed by atoms with van der Waals surface area (Å²) in [6.45, 7) is 4.24. The van der Waals surface area contributed by atoms with Crippen molar-refractivity contribution in [3.05, 3.63) is 94.8 Å². The lowest BCUT2D eigenvalue weighted by atomic mass is 10.1. The molecule has 4 rings (SSSR count). The van der Waals surface area contributed by atoms with E-state index < -0.39 is 11.7 Å². The van der Waals surface area contributed by atoms with Crippen molar-refractivity contribution in [2.75, 3.05) is 5.32 Å². The highest BCUT2D eigenvalue weighted by molar-refractivity contribution is 6.03. The molecule has 0 bridgehead atoms. The summed E-state index contributed by atoms with van der Waals surface area (Å²) in [4.78, 5) is 12.7. The summed E-state index contributed by atoms with van der Waals surface area (Å²) in [6.07, 6.45) is 1.79. The van der Waals surface area contributed by atoms with E-state index in [1.54, 1.807) is 36.0 Å². The summed E-state index contributed by atoms with van der Waals surface area (Å²) in [5.74, 6) is -0.0666. The Morgan fingerprint density at radius 3 is 2.71 bits per heavy atom. The van der Waals surface area contributed by atoms with Crippen LogP contribution in [0.25, 0.3) is 0 Å². The van der Waals surface area contributed by atoms with Crippen LogP contribution in [0.15, 0.2) is 65.3 Å². The second-order valence-electron chi connectivity index (χ2n) is 7.06. The fourth-order valence-corrected chi connectivity index (χ4v) is 3.11. The number of carbonyl (C=O) groups excluding carboxylic acids is 1. The second-order valence-corrected chi connectivity index (χ2v) is 7.06. The fourth-order valence-electron chi connectivity index (χ4n) is 3.11. The molecular formula is C23H21FN4O3. The van der Waals surface area contributed by atoms with Crippen molar-refractivity contribution >= 4 is 11.7 Å². The van der Waals surface area contributed by atoms with Gasteiger partial charge in [-0.25, -0.2) is 4.39 Å². The van der Waals surface area contributed by atoms with E-state index in [1.165, 1.54) is 17.7 Å². The minimum Gasteiger partial charge on any atom is -0.486 e. The largest absolute Gasteiger partial charge is 0.486 e. The van der Waals surface area contributed by atoms with Crippen LogP contribution in [0, 0.1) is 19.7 Å². The minimum atomic E-state index is -0.484. The number of aryl methyl sites for hydroxylation is 2. The predicted molar refractivity (Wildman–Crippen MR) is 112 cm³/mol. The number of nitrogens with zero attached hydrogens (tertiary/aromatic N) is 3. The molecule has 0 aliphatic carbocycles. The maximum absolute atomic E-state index is 13.8. The number of carbonyl (C=O) groups is 1. The van der Waals surface area contributed by atoms with E-state index in [2.05, 4.69) is 15.6 Å². The first-order chi connectivity index (χ1) is 15.0. The summed E-state index contributed by atoms with van der Waals surface area (Å²) >= 11 is 0. The smallest absolute Gasteiger partial charge is 0.279 e. The number of hydrogen-bond acceptors (Lipinski definition) is 5. The topological polar surface area (TPSA) is 82.2 Å². The Morgan fingerprint density at radius 2 is 1.90 bits per heavy atom. The maximum atomic E-state index is 13.8. The standard InChI is InChI=1S/C23H21FN4O3/c1-15-7-3-4-8-17(15)13-28-12-11-21(26-28)25-23(29)22-18(16(2)31-27-22)14-30-20-10-6-5-9-19(20)24/h3-12H,13-14H2,1-2H3,(H,25,26,29). The first-order valence-electron chi connectivity index (χ1n) is 9.73. The second kappa shape index (κ2) is 8.83. The van der Waals surface area contributed by atoms with Gasteiger partial charge in [-0.3, -0.25) is 9.48 Å². The van der Waals surface area contributed by atoms with Gasteiger partial charge in [-0.05, 0) is 37.1 Å². The summed E-state index contributed by atoms with van der Waals surface area (Å²) in [5, 5.41) is 11.0. The molecule has 8 heteroatoms. The van der Waals surface area contributed by atoms with Crippen LogP contribution < -0.4 is 10.1 Å². The Hall–Kier alpha value is -3.94. The van der Waals surface area contributed by atoms with Crippen LogP contribution in [0.3, 0.4) is 0 Å². The van der Waals surface area contributed by atoms with E-state index in [9.17, 15) is 9.18 Å². The number of halogens is 1. The Labute approximate surface area is 178 Å². The zero-order valence-electron chi connectivity index (χ0n) is 17.1. The quantitative estimate of drug-likeness (QED) is 0.476. The lowest BCUT2D eigenvalue weighted by Crippen LogP contribution is -2.16. The number of ether oxygens (including phenoxy) is 1. The third kappa shape index (κ3) is 4.63. The van der Waals surface area contributed by atoms with Gasteiger partial charge in [-0.1, -0.05) is 41.6 Å². The third-order valence-electron chi connectivity index (χ3n) is 4.88. The minimum absolute atomic E-state index is 0.0548. The molecule has 0 saturated carbocycles. The summed E-state index contributed by atoms with van der Waals surface area (Å²) in [6, 6.07) is 15.8. The summed E-state index contributed by atoms with van der Waals surface area (Å²) in [7, 11) is 0.